The average molecular weight is 325 g/mol. The molecule has 1 saturated heterocycles. The topological polar surface area (TPSA) is 20.3 Å². The molecule has 0 atom stereocenters. The van der Waals surface area contributed by atoms with Crippen molar-refractivity contribution in [2.24, 2.45) is 5.92 Å². The van der Waals surface area contributed by atoms with Gasteiger partial charge in [-0.15, -0.1) is 0 Å². The lowest BCUT2D eigenvalue weighted by molar-refractivity contribution is -0.0152. The molecule has 17 heavy (non-hydrogen) atoms. The van der Waals surface area contributed by atoms with Crippen LogP contribution in [-0.2, 0) is 0 Å². The standard InChI is InChI=1S/C11H9BrClF2NO/c12-7-1-2-9(13)8(3-7)11(17)16-4-6(5-16)10(14)15/h1-3,6,10H,4-5H2. The maximum absolute atomic E-state index is 12.3. The Labute approximate surface area is 111 Å². The largest absolute Gasteiger partial charge is 0.337 e. The fraction of sp³-hybridized carbons (Fsp3) is 0.364. The average Bonchev–Trinajstić information content (AvgIpc) is 2.18. The molecule has 1 amide bonds. The number of amides is 1. The molecule has 1 aliphatic heterocycles. The first kappa shape index (κ1) is 12.8. The SMILES string of the molecule is O=C(c1cc(Br)ccc1Cl)N1CC(C(F)F)C1. The molecule has 1 aromatic carbocycles. The van der Waals surface area contributed by atoms with E-state index in [4.69, 9.17) is 11.6 Å². The van der Waals surface area contributed by atoms with Crippen LogP contribution in [-0.4, -0.2) is 30.3 Å². The molecule has 0 radical (unpaired) electrons. The Balaban J connectivity index is 2.09. The molecular formula is C11H9BrClF2NO. The van der Waals surface area contributed by atoms with E-state index in [0.29, 0.717) is 10.6 Å². The predicted molar refractivity (Wildman–Crippen MR) is 64.5 cm³/mol. The first-order chi connectivity index (χ1) is 7.99. The summed E-state index contributed by atoms with van der Waals surface area (Å²) in [6, 6.07) is 4.92. The summed E-state index contributed by atoms with van der Waals surface area (Å²) >= 11 is 9.14. The van der Waals surface area contributed by atoms with E-state index < -0.39 is 12.3 Å². The van der Waals surface area contributed by atoms with Crippen LogP contribution in [0.25, 0.3) is 0 Å². The summed E-state index contributed by atoms with van der Waals surface area (Å²) in [6.07, 6.45) is -2.36. The van der Waals surface area contributed by atoms with Gasteiger partial charge in [-0.1, -0.05) is 27.5 Å². The number of likely N-dealkylation sites (tertiary alicyclic amines) is 1. The van der Waals surface area contributed by atoms with E-state index in [1.54, 1.807) is 18.2 Å². The van der Waals surface area contributed by atoms with Gasteiger partial charge in [-0.25, -0.2) is 8.78 Å². The summed E-state index contributed by atoms with van der Waals surface area (Å²) in [7, 11) is 0. The Morgan fingerprint density at radius 2 is 2.12 bits per heavy atom. The van der Waals surface area contributed by atoms with Gasteiger partial charge in [-0.05, 0) is 18.2 Å². The smallest absolute Gasteiger partial charge is 0.255 e. The summed E-state index contributed by atoms with van der Waals surface area (Å²) in [4.78, 5) is 13.3. The van der Waals surface area contributed by atoms with Crippen molar-refractivity contribution in [3.63, 3.8) is 0 Å². The van der Waals surface area contributed by atoms with Crippen LogP contribution >= 0.6 is 27.5 Å². The summed E-state index contributed by atoms with van der Waals surface area (Å²) in [6.45, 7) is 0.193. The van der Waals surface area contributed by atoms with Crippen molar-refractivity contribution in [3.05, 3.63) is 33.3 Å². The van der Waals surface area contributed by atoms with Crippen molar-refractivity contribution in [1.82, 2.24) is 4.90 Å². The molecule has 0 unspecified atom stereocenters. The maximum atomic E-state index is 12.3. The van der Waals surface area contributed by atoms with Gasteiger partial charge in [-0.3, -0.25) is 4.79 Å². The molecule has 0 spiro atoms. The van der Waals surface area contributed by atoms with Crippen LogP contribution in [0, 0.1) is 5.92 Å². The zero-order chi connectivity index (χ0) is 12.6. The van der Waals surface area contributed by atoms with Gasteiger partial charge in [-0.2, -0.15) is 0 Å². The van der Waals surface area contributed by atoms with Gasteiger partial charge in [0.25, 0.3) is 5.91 Å². The van der Waals surface area contributed by atoms with Crippen molar-refractivity contribution in [2.75, 3.05) is 13.1 Å². The summed E-state index contributed by atoms with van der Waals surface area (Å²) in [5.74, 6) is -1.00. The molecule has 92 valence electrons. The second kappa shape index (κ2) is 4.90. The van der Waals surface area contributed by atoms with E-state index in [0.717, 1.165) is 4.47 Å². The summed E-state index contributed by atoms with van der Waals surface area (Å²) < 4.78 is 25.3. The monoisotopic (exact) mass is 323 g/mol. The third-order valence-corrected chi connectivity index (χ3v) is 3.54. The number of benzene rings is 1. The molecule has 0 saturated carbocycles. The van der Waals surface area contributed by atoms with E-state index in [-0.39, 0.29) is 19.0 Å². The number of halogens is 4. The van der Waals surface area contributed by atoms with E-state index in [9.17, 15) is 13.6 Å². The van der Waals surface area contributed by atoms with Gasteiger partial charge in [0.2, 0.25) is 6.43 Å². The summed E-state index contributed by atoms with van der Waals surface area (Å²) in [5, 5.41) is 0.332. The number of carbonyl (C=O) groups excluding carboxylic acids is 1. The molecule has 1 aromatic rings. The molecule has 2 rings (SSSR count). The van der Waals surface area contributed by atoms with Gasteiger partial charge in [0.15, 0.2) is 0 Å². The molecule has 1 aliphatic rings. The molecule has 6 heteroatoms. The highest BCUT2D eigenvalue weighted by Crippen LogP contribution is 2.28. The highest BCUT2D eigenvalue weighted by molar-refractivity contribution is 9.10. The van der Waals surface area contributed by atoms with E-state index >= 15 is 0 Å². The fourth-order valence-electron chi connectivity index (χ4n) is 1.67. The van der Waals surface area contributed by atoms with Gasteiger partial charge in [0.1, 0.15) is 0 Å². The van der Waals surface area contributed by atoms with Crippen molar-refractivity contribution >= 4 is 33.4 Å². The van der Waals surface area contributed by atoms with Gasteiger partial charge >= 0.3 is 0 Å². The number of nitrogens with zero attached hydrogens (tertiary/aromatic N) is 1. The molecule has 0 aromatic heterocycles. The zero-order valence-electron chi connectivity index (χ0n) is 8.67. The van der Waals surface area contributed by atoms with Crippen LogP contribution in [0.2, 0.25) is 5.02 Å². The molecule has 1 fully saturated rings. The number of hydrogen-bond donors (Lipinski definition) is 0. The Morgan fingerprint density at radius 1 is 1.47 bits per heavy atom. The summed E-state index contributed by atoms with van der Waals surface area (Å²) in [5.41, 5.74) is 0.341. The minimum Gasteiger partial charge on any atom is -0.337 e. The molecule has 1 heterocycles. The third kappa shape index (κ3) is 2.60. The maximum Gasteiger partial charge on any atom is 0.255 e. The quantitative estimate of drug-likeness (QED) is 0.816. The molecule has 0 bridgehead atoms. The zero-order valence-corrected chi connectivity index (χ0v) is 11.0. The van der Waals surface area contributed by atoms with E-state index in [1.807, 2.05) is 0 Å². The number of carbonyl (C=O) groups is 1. The Hall–Kier alpha value is -0.680. The Bertz CT molecular complexity index is 449. The number of rotatable bonds is 2. The van der Waals surface area contributed by atoms with Crippen LogP contribution in [0.5, 0.6) is 0 Å². The van der Waals surface area contributed by atoms with E-state index in [1.165, 1.54) is 4.90 Å². The second-order valence-electron chi connectivity index (χ2n) is 3.93. The highest BCUT2D eigenvalue weighted by Gasteiger charge is 2.37. The predicted octanol–water partition coefficient (Wildman–Crippen LogP) is 3.44. The van der Waals surface area contributed by atoms with Crippen molar-refractivity contribution < 1.29 is 13.6 Å². The first-order valence-electron chi connectivity index (χ1n) is 5.01. The lowest BCUT2D eigenvalue weighted by Gasteiger charge is -2.38. The van der Waals surface area contributed by atoms with Gasteiger partial charge in [0.05, 0.1) is 16.5 Å². The van der Waals surface area contributed by atoms with Gasteiger partial charge < -0.3 is 4.90 Å². The lowest BCUT2D eigenvalue weighted by Crippen LogP contribution is -2.52. The second-order valence-corrected chi connectivity index (χ2v) is 5.25. The molecular weight excluding hydrogens is 315 g/mol. The first-order valence-corrected chi connectivity index (χ1v) is 6.18. The minimum absolute atomic E-state index is 0.0966. The Morgan fingerprint density at radius 3 is 2.71 bits per heavy atom. The van der Waals surface area contributed by atoms with Crippen LogP contribution < -0.4 is 0 Å². The minimum atomic E-state index is -2.36. The number of hydrogen-bond acceptors (Lipinski definition) is 1. The third-order valence-electron chi connectivity index (χ3n) is 2.71. The van der Waals surface area contributed by atoms with Crippen LogP contribution in [0.15, 0.2) is 22.7 Å². The van der Waals surface area contributed by atoms with Crippen LogP contribution in [0.3, 0.4) is 0 Å². The molecule has 2 nitrogen and oxygen atoms in total. The van der Waals surface area contributed by atoms with Crippen molar-refractivity contribution in [3.8, 4) is 0 Å². The normalized spacial score (nSPS) is 16.2. The van der Waals surface area contributed by atoms with E-state index in [2.05, 4.69) is 15.9 Å². The fourth-order valence-corrected chi connectivity index (χ4v) is 2.23. The van der Waals surface area contributed by atoms with Crippen molar-refractivity contribution in [1.29, 1.82) is 0 Å². The Kier molecular flexibility index (Phi) is 3.68. The van der Waals surface area contributed by atoms with Crippen LogP contribution in [0.1, 0.15) is 10.4 Å². The molecule has 0 N–H and O–H groups in total. The van der Waals surface area contributed by atoms with Crippen LogP contribution in [0.4, 0.5) is 8.78 Å². The van der Waals surface area contributed by atoms with Gasteiger partial charge in [0, 0.05) is 17.6 Å². The van der Waals surface area contributed by atoms with Crippen molar-refractivity contribution in [2.45, 2.75) is 6.43 Å². The lowest BCUT2D eigenvalue weighted by atomic mass is 9.99. The molecule has 0 aliphatic carbocycles. The number of alkyl halides is 2. The highest BCUT2D eigenvalue weighted by atomic mass is 79.9.